The van der Waals surface area contributed by atoms with Crippen molar-refractivity contribution in [2.45, 2.75) is 33.6 Å². The number of nitrogens with zero attached hydrogens (tertiary/aromatic N) is 1. The van der Waals surface area contributed by atoms with Gasteiger partial charge >= 0.3 is 5.69 Å². The second kappa shape index (κ2) is 9.71. The van der Waals surface area contributed by atoms with Crippen LogP contribution in [0, 0.1) is 0 Å². The molecule has 0 spiro atoms. The van der Waals surface area contributed by atoms with E-state index in [9.17, 15) is 4.79 Å². The zero-order valence-electron chi connectivity index (χ0n) is 16.5. The minimum Gasteiger partial charge on any atom is -0.304 e. The topological polar surface area (TPSA) is 45.8 Å². The van der Waals surface area contributed by atoms with Crippen LogP contribution in [-0.2, 0) is 6.42 Å². The number of thiophene rings is 1. The van der Waals surface area contributed by atoms with Crippen LogP contribution in [0.15, 0.2) is 41.7 Å². The first-order valence-electron chi connectivity index (χ1n) is 9.32. The molecule has 0 atom stereocenters. The number of nitrogens with one attached hydrogen (secondary N) is 1. The summed E-state index contributed by atoms with van der Waals surface area (Å²) in [5.74, 6) is 0. The Labute approximate surface area is 177 Å². The van der Waals surface area contributed by atoms with Crippen LogP contribution in [0.4, 0.5) is 0 Å². The van der Waals surface area contributed by atoms with E-state index < -0.39 is 0 Å². The molecule has 5 heteroatoms. The fourth-order valence-corrected chi connectivity index (χ4v) is 4.61. The summed E-state index contributed by atoms with van der Waals surface area (Å²) in [5.41, 5.74) is 5.98. The number of aromatic nitrogens is 2. The number of aromatic amines is 1. The molecule has 0 bridgehead atoms. The zero-order valence-corrected chi connectivity index (χ0v) is 18.3. The van der Waals surface area contributed by atoms with Crippen LogP contribution in [0.25, 0.3) is 34.0 Å². The van der Waals surface area contributed by atoms with Crippen molar-refractivity contribution in [1.29, 1.82) is 0 Å². The Kier molecular flexibility index (Phi) is 7.61. The molecule has 3 nitrogen and oxygen atoms in total. The highest BCUT2D eigenvalue weighted by molar-refractivity contribution is 7.59. The van der Waals surface area contributed by atoms with E-state index in [4.69, 9.17) is 0 Å². The van der Waals surface area contributed by atoms with Crippen LogP contribution in [-0.4, -0.2) is 9.97 Å². The number of hydrogen-bond donors (Lipinski definition) is 1. The van der Waals surface area contributed by atoms with Gasteiger partial charge in [-0.2, -0.15) is 18.5 Å². The first-order valence-corrected chi connectivity index (χ1v) is 10.1. The summed E-state index contributed by atoms with van der Waals surface area (Å²) in [6, 6.07) is 8.40. The van der Waals surface area contributed by atoms with Crippen LogP contribution in [0.2, 0.25) is 0 Å². The van der Waals surface area contributed by atoms with Gasteiger partial charge in [-0.1, -0.05) is 56.8 Å². The molecule has 0 amide bonds. The van der Waals surface area contributed by atoms with E-state index in [1.165, 1.54) is 11.1 Å². The summed E-state index contributed by atoms with van der Waals surface area (Å²) in [5, 5.41) is 0. The molecule has 0 fully saturated rings. The minimum absolute atomic E-state index is 0. The lowest BCUT2D eigenvalue weighted by Gasteiger charge is -2.16. The predicted molar refractivity (Wildman–Crippen MR) is 129 cm³/mol. The third-order valence-electron chi connectivity index (χ3n) is 4.51. The lowest BCUT2D eigenvalue weighted by Crippen LogP contribution is -2.13. The molecular weight excluding hydrogens is 384 g/mol. The van der Waals surface area contributed by atoms with Crippen LogP contribution >= 0.6 is 24.8 Å². The van der Waals surface area contributed by atoms with Crippen molar-refractivity contribution in [3.63, 3.8) is 0 Å². The van der Waals surface area contributed by atoms with E-state index in [1.807, 2.05) is 39.0 Å². The maximum Gasteiger partial charge on any atom is 0.346 e. The van der Waals surface area contributed by atoms with Crippen molar-refractivity contribution in [3.05, 3.63) is 74.7 Å². The molecule has 28 heavy (non-hydrogen) atoms. The molecule has 2 heterocycles. The van der Waals surface area contributed by atoms with Gasteiger partial charge in [-0.3, -0.25) is 0 Å². The predicted octanol–water partition coefficient (Wildman–Crippen LogP) is 6.29. The van der Waals surface area contributed by atoms with E-state index in [0.717, 1.165) is 44.8 Å². The van der Waals surface area contributed by atoms with Crippen molar-refractivity contribution in [1.82, 2.24) is 9.97 Å². The molecule has 3 aromatic rings. The first-order chi connectivity index (χ1) is 13.2. The van der Waals surface area contributed by atoms with Gasteiger partial charge in [0.05, 0.1) is 15.9 Å². The molecular formula is C23H26N2OS2. The van der Waals surface area contributed by atoms with Crippen LogP contribution < -0.4 is 5.69 Å². The first kappa shape index (κ1) is 21.9. The molecule has 146 valence electrons. The van der Waals surface area contributed by atoms with Crippen LogP contribution in [0.1, 0.15) is 54.5 Å². The van der Waals surface area contributed by atoms with Crippen LogP contribution in [0.3, 0.4) is 0 Å². The second-order valence-corrected chi connectivity index (χ2v) is 7.10. The van der Waals surface area contributed by atoms with E-state index in [1.54, 1.807) is 17.4 Å². The lowest BCUT2D eigenvalue weighted by molar-refractivity contribution is 0.985. The third-order valence-corrected chi connectivity index (χ3v) is 5.69. The largest absolute Gasteiger partial charge is 0.346 e. The number of benzene rings is 1. The lowest BCUT2D eigenvalue weighted by atomic mass is 9.90. The standard InChI is InChI=1S/C21H18N2OS.C2H6.H2S/c1-3-7-17-16(4-2)19-20(25-17)18(22-21(24)23-19)15-11-10-13-8-5-6-9-14(13)12-15;1-2;/h3-9,12H,2,10-11H2,1H3,(H,22,23,24);1-2H3;1H2/b7-3-;;. The monoisotopic (exact) mass is 410 g/mol. The maximum absolute atomic E-state index is 12.2. The molecule has 1 aliphatic rings. The van der Waals surface area contributed by atoms with Gasteiger partial charge in [-0.25, -0.2) is 4.79 Å². The fraction of sp³-hybridized carbons (Fsp3) is 0.217. The zero-order chi connectivity index (χ0) is 19.4. The number of fused-ring (bicyclic) bond motifs is 2. The Balaban J connectivity index is 0.000000906. The Hall–Kier alpha value is -2.37. The molecule has 0 saturated heterocycles. The smallest absolute Gasteiger partial charge is 0.304 e. The number of aryl methyl sites for hydroxylation is 1. The highest BCUT2D eigenvalue weighted by Gasteiger charge is 2.19. The summed E-state index contributed by atoms with van der Waals surface area (Å²) in [7, 11) is 0. The summed E-state index contributed by atoms with van der Waals surface area (Å²) >= 11 is 1.65. The molecule has 0 aliphatic heterocycles. The molecule has 4 rings (SSSR count). The summed E-state index contributed by atoms with van der Waals surface area (Å²) in [4.78, 5) is 20.5. The molecule has 0 radical (unpaired) electrons. The van der Waals surface area contributed by atoms with Crippen molar-refractivity contribution < 1.29 is 0 Å². The number of hydrogen-bond acceptors (Lipinski definition) is 3. The van der Waals surface area contributed by atoms with Gasteiger partial charge in [0.2, 0.25) is 0 Å². The average Bonchev–Trinajstić information content (AvgIpc) is 3.05. The molecule has 1 N–H and O–H groups in total. The van der Waals surface area contributed by atoms with Crippen LogP contribution in [0.5, 0.6) is 0 Å². The van der Waals surface area contributed by atoms with E-state index in [0.29, 0.717) is 0 Å². The van der Waals surface area contributed by atoms with Gasteiger partial charge in [0.1, 0.15) is 0 Å². The van der Waals surface area contributed by atoms with Crippen molar-refractivity contribution >= 4 is 58.9 Å². The Morgan fingerprint density at radius 3 is 2.68 bits per heavy atom. The van der Waals surface area contributed by atoms with Gasteiger partial charge in [-0.15, -0.1) is 11.3 Å². The number of rotatable bonds is 3. The SMILES string of the molecule is C=Cc1c(/C=C\C)sc2c(C3=Cc4ccccc4CC3)nc(=O)[nH]c12.CC.S. The Bertz CT molecular complexity index is 1100. The molecule has 1 aromatic carbocycles. The highest BCUT2D eigenvalue weighted by Crippen LogP contribution is 2.38. The van der Waals surface area contributed by atoms with Crippen molar-refractivity contribution in [3.8, 4) is 0 Å². The van der Waals surface area contributed by atoms with Gasteiger partial charge < -0.3 is 4.98 Å². The molecule has 0 saturated carbocycles. The van der Waals surface area contributed by atoms with Gasteiger partial charge in [0.15, 0.2) is 0 Å². The highest BCUT2D eigenvalue weighted by atomic mass is 32.1. The Morgan fingerprint density at radius 1 is 1.21 bits per heavy atom. The second-order valence-electron chi connectivity index (χ2n) is 6.05. The van der Waals surface area contributed by atoms with Crippen molar-refractivity contribution in [2.24, 2.45) is 0 Å². The molecule has 1 aliphatic carbocycles. The van der Waals surface area contributed by atoms with Crippen molar-refractivity contribution in [2.75, 3.05) is 0 Å². The summed E-state index contributed by atoms with van der Waals surface area (Å²) < 4.78 is 1.02. The fourth-order valence-electron chi connectivity index (χ4n) is 3.35. The normalized spacial score (nSPS) is 12.6. The number of allylic oxidation sites excluding steroid dienone is 2. The van der Waals surface area contributed by atoms with Gasteiger partial charge in [0.25, 0.3) is 0 Å². The van der Waals surface area contributed by atoms with Gasteiger partial charge in [-0.05, 0) is 48.6 Å². The summed E-state index contributed by atoms with van der Waals surface area (Å²) in [6.45, 7) is 9.90. The van der Waals surface area contributed by atoms with Gasteiger partial charge in [0, 0.05) is 10.4 Å². The summed E-state index contributed by atoms with van der Waals surface area (Å²) in [6.07, 6.45) is 9.89. The molecule has 2 aromatic heterocycles. The quantitative estimate of drug-likeness (QED) is 0.552. The maximum atomic E-state index is 12.2. The van der Waals surface area contributed by atoms with E-state index >= 15 is 0 Å². The average molecular weight is 411 g/mol. The number of H-pyrrole nitrogens is 1. The van der Waals surface area contributed by atoms with E-state index in [2.05, 4.69) is 40.8 Å². The van der Waals surface area contributed by atoms with E-state index in [-0.39, 0.29) is 19.2 Å². The Morgan fingerprint density at radius 2 is 1.96 bits per heavy atom. The molecule has 0 unspecified atom stereocenters. The minimum atomic E-state index is -0.310. The third kappa shape index (κ3) is 4.05.